The molecular weight excluding hydrogens is 396 g/mol. The van der Waals surface area contributed by atoms with E-state index in [-0.39, 0.29) is 34.6 Å². The number of hydrogen-bond donors (Lipinski definition) is 1. The number of nitrogens with zero attached hydrogens (tertiary/aromatic N) is 1. The molecule has 0 aliphatic carbocycles. The van der Waals surface area contributed by atoms with Crippen LogP contribution in [-0.2, 0) is 9.53 Å². The van der Waals surface area contributed by atoms with Crippen LogP contribution in [0.15, 0.2) is 42.5 Å². The Morgan fingerprint density at radius 2 is 1.68 bits per heavy atom. The zero-order chi connectivity index (χ0) is 22.7. The number of ether oxygens (including phenoxy) is 1. The molecule has 1 aliphatic rings. The van der Waals surface area contributed by atoms with Gasteiger partial charge >= 0.3 is 5.97 Å². The van der Waals surface area contributed by atoms with Gasteiger partial charge in [-0.1, -0.05) is 39.0 Å². The van der Waals surface area contributed by atoms with E-state index in [4.69, 9.17) is 4.74 Å². The van der Waals surface area contributed by atoms with Crippen LogP contribution in [0, 0.1) is 0 Å². The summed E-state index contributed by atoms with van der Waals surface area (Å²) in [5.41, 5.74) is 2.21. The van der Waals surface area contributed by atoms with Crippen molar-refractivity contribution in [2.75, 3.05) is 11.9 Å². The Labute approximate surface area is 181 Å². The molecule has 0 bridgehead atoms. The van der Waals surface area contributed by atoms with Crippen molar-refractivity contribution in [2.24, 2.45) is 0 Å². The van der Waals surface area contributed by atoms with Crippen LogP contribution in [0.25, 0.3) is 0 Å². The highest BCUT2D eigenvalue weighted by Gasteiger charge is 2.38. The lowest BCUT2D eigenvalue weighted by Gasteiger charge is -2.20. The molecule has 3 amide bonds. The van der Waals surface area contributed by atoms with Crippen LogP contribution in [0.1, 0.15) is 76.7 Å². The van der Waals surface area contributed by atoms with Gasteiger partial charge in [-0.05, 0) is 49.1 Å². The van der Waals surface area contributed by atoms with E-state index in [1.807, 2.05) is 39.0 Å². The van der Waals surface area contributed by atoms with Crippen LogP contribution in [0.5, 0.6) is 0 Å². The third-order valence-electron chi connectivity index (χ3n) is 5.38. The van der Waals surface area contributed by atoms with E-state index in [2.05, 4.69) is 5.32 Å². The molecule has 0 fully saturated rings. The molecule has 0 saturated carbocycles. The Hall–Kier alpha value is -3.48. The van der Waals surface area contributed by atoms with E-state index in [1.165, 1.54) is 23.1 Å². The zero-order valence-corrected chi connectivity index (χ0v) is 18.1. The SMILES string of the molecule is CC[C@@H](C)N1C(=O)c2ccc(C(=O)OCC(=O)Nc3ccccc3C(C)C)cc2C1=O. The van der Waals surface area contributed by atoms with Gasteiger partial charge in [0, 0.05) is 11.7 Å². The van der Waals surface area contributed by atoms with E-state index in [1.54, 1.807) is 13.0 Å². The number of amides is 3. The molecule has 0 saturated heterocycles. The molecule has 2 aromatic carbocycles. The minimum Gasteiger partial charge on any atom is -0.452 e. The number of esters is 1. The zero-order valence-electron chi connectivity index (χ0n) is 18.1. The van der Waals surface area contributed by atoms with Crippen LogP contribution in [0.3, 0.4) is 0 Å². The molecule has 0 aromatic heterocycles. The van der Waals surface area contributed by atoms with E-state index in [0.29, 0.717) is 12.1 Å². The van der Waals surface area contributed by atoms with Crippen molar-refractivity contribution in [2.45, 2.75) is 46.1 Å². The van der Waals surface area contributed by atoms with Crippen molar-refractivity contribution < 1.29 is 23.9 Å². The Kier molecular flexibility index (Phi) is 6.53. The number of nitrogens with one attached hydrogen (secondary N) is 1. The summed E-state index contributed by atoms with van der Waals surface area (Å²) in [6.45, 7) is 7.27. The average Bonchev–Trinajstić information content (AvgIpc) is 3.01. The second kappa shape index (κ2) is 9.12. The van der Waals surface area contributed by atoms with Crippen LogP contribution < -0.4 is 5.32 Å². The standard InChI is InChI=1S/C24H26N2O5/c1-5-15(4)26-22(28)18-11-10-16(12-19(18)23(26)29)24(30)31-13-21(27)25-20-9-7-6-8-17(20)14(2)3/h6-12,14-15H,5,13H2,1-4H3,(H,25,27)/t15-/m1/s1. The van der Waals surface area contributed by atoms with Gasteiger partial charge in [0.25, 0.3) is 17.7 Å². The lowest BCUT2D eigenvalue weighted by Crippen LogP contribution is -2.37. The second-order valence-corrected chi connectivity index (χ2v) is 7.86. The smallest absolute Gasteiger partial charge is 0.338 e. The van der Waals surface area contributed by atoms with Crippen molar-refractivity contribution >= 4 is 29.4 Å². The van der Waals surface area contributed by atoms with Crippen molar-refractivity contribution in [3.8, 4) is 0 Å². The number of anilines is 1. The molecule has 2 aromatic rings. The van der Waals surface area contributed by atoms with Gasteiger partial charge in [0.15, 0.2) is 6.61 Å². The average molecular weight is 422 g/mol. The van der Waals surface area contributed by atoms with Gasteiger partial charge in [-0.3, -0.25) is 19.3 Å². The molecule has 7 nitrogen and oxygen atoms in total. The fourth-order valence-electron chi connectivity index (χ4n) is 3.48. The monoisotopic (exact) mass is 422 g/mol. The Morgan fingerprint density at radius 1 is 1.00 bits per heavy atom. The van der Waals surface area contributed by atoms with Gasteiger partial charge in [-0.25, -0.2) is 4.79 Å². The molecule has 7 heteroatoms. The predicted octanol–water partition coefficient (Wildman–Crippen LogP) is 4.00. The van der Waals surface area contributed by atoms with Crippen LogP contribution in [0.4, 0.5) is 5.69 Å². The first-order valence-corrected chi connectivity index (χ1v) is 10.3. The largest absolute Gasteiger partial charge is 0.452 e. The maximum absolute atomic E-state index is 12.6. The quantitative estimate of drug-likeness (QED) is 0.538. The molecule has 31 heavy (non-hydrogen) atoms. The number of hydrogen-bond acceptors (Lipinski definition) is 5. The Bertz CT molecular complexity index is 1040. The summed E-state index contributed by atoms with van der Waals surface area (Å²) in [4.78, 5) is 51.0. The van der Waals surface area contributed by atoms with E-state index in [9.17, 15) is 19.2 Å². The van der Waals surface area contributed by atoms with E-state index in [0.717, 1.165) is 5.56 Å². The lowest BCUT2D eigenvalue weighted by atomic mass is 10.0. The van der Waals surface area contributed by atoms with Gasteiger partial charge < -0.3 is 10.1 Å². The number of benzene rings is 2. The Balaban J connectivity index is 1.67. The summed E-state index contributed by atoms with van der Waals surface area (Å²) in [6.07, 6.45) is 0.634. The summed E-state index contributed by atoms with van der Waals surface area (Å²) in [7, 11) is 0. The molecule has 0 spiro atoms. The molecule has 1 heterocycles. The van der Waals surface area contributed by atoms with Crippen LogP contribution in [-0.4, -0.2) is 41.2 Å². The van der Waals surface area contributed by atoms with Crippen LogP contribution >= 0.6 is 0 Å². The van der Waals surface area contributed by atoms with Gasteiger partial charge in [-0.15, -0.1) is 0 Å². The van der Waals surface area contributed by atoms with Gasteiger partial charge in [-0.2, -0.15) is 0 Å². The third kappa shape index (κ3) is 4.50. The maximum atomic E-state index is 12.6. The maximum Gasteiger partial charge on any atom is 0.338 e. The molecule has 1 N–H and O–H groups in total. The number of para-hydroxylation sites is 1. The first-order chi connectivity index (χ1) is 14.7. The molecule has 3 rings (SSSR count). The topological polar surface area (TPSA) is 92.8 Å². The fraction of sp³-hybridized carbons (Fsp3) is 0.333. The van der Waals surface area contributed by atoms with Crippen LogP contribution in [0.2, 0.25) is 0 Å². The highest BCUT2D eigenvalue weighted by Crippen LogP contribution is 2.27. The van der Waals surface area contributed by atoms with Crippen molar-refractivity contribution in [3.05, 3.63) is 64.7 Å². The number of imide groups is 1. The van der Waals surface area contributed by atoms with Crippen molar-refractivity contribution in [1.29, 1.82) is 0 Å². The first-order valence-electron chi connectivity index (χ1n) is 10.3. The van der Waals surface area contributed by atoms with Gasteiger partial charge in [0.2, 0.25) is 0 Å². The minimum atomic E-state index is -0.739. The first kappa shape index (κ1) is 22.2. The number of rotatable bonds is 7. The second-order valence-electron chi connectivity index (χ2n) is 7.86. The third-order valence-corrected chi connectivity index (χ3v) is 5.38. The summed E-state index contributed by atoms with van der Waals surface area (Å²) in [5, 5.41) is 2.76. The molecule has 0 radical (unpaired) electrons. The number of carbonyl (C=O) groups is 4. The molecule has 0 unspecified atom stereocenters. The van der Waals surface area contributed by atoms with E-state index < -0.39 is 24.4 Å². The fourth-order valence-corrected chi connectivity index (χ4v) is 3.48. The van der Waals surface area contributed by atoms with Crippen molar-refractivity contribution in [3.63, 3.8) is 0 Å². The van der Waals surface area contributed by atoms with Gasteiger partial charge in [0.1, 0.15) is 0 Å². The summed E-state index contributed by atoms with van der Waals surface area (Å²) in [5.74, 6) is -1.76. The molecular formula is C24H26N2O5. The van der Waals surface area contributed by atoms with E-state index >= 15 is 0 Å². The highest BCUT2D eigenvalue weighted by molar-refractivity contribution is 6.22. The predicted molar refractivity (Wildman–Crippen MR) is 116 cm³/mol. The highest BCUT2D eigenvalue weighted by atomic mass is 16.5. The summed E-state index contributed by atoms with van der Waals surface area (Å²) < 4.78 is 5.12. The van der Waals surface area contributed by atoms with Crippen molar-refractivity contribution in [1.82, 2.24) is 4.90 Å². The normalized spacial score (nSPS) is 13.9. The summed E-state index contributed by atoms with van der Waals surface area (Å²) >= 11 is 0. The Morgan fingerprint density at radius 3 is 2.35 bits per heavy atom. The lowest BCUT2D eigenvalue weighted by molar-refractivity contribution is -0.119. The number of carbonyl (C=O) groups excluding carboxylic acids is 4. The number of fused-ring (bicyclic) bond motifs is 1. The molecule has 1 atom stereocenters. The summed E-state index contributed by atoms with van der Waals surface area (Å²) in [6, 6.07) is 11.4. The molecule has 1 aliphatic heterocycles. The molecule has 162 valence electrons. The van der Waals surface area contributed by atoms with Gasteiger partial charge in [0.05, 0.1) is 16.7 Å². The minimum absolute atomic E-state index is 0.112.